The second-order valence-corrected chi connectivity index (χ2v) is 4.93. The molecule has 0 bridgehead atoms. The molecule has 0 aromatic heterocycles. The van der Waals surface area contributed by atoms with Crippen LogP contribution in [0.1, 0.15) is 43.0 Å². The van der Waals surface area contributed by atoms with Gasteiger partial charge in [-0.25, -0.2) is 0 Å². The average Bonchev–Trinajstić information content (AvgIpc) is 3.20. The number of hydrogen-bond acceptors (Lipinski definition) is 3. The summed E-state index contributed by atoms with van der Waals surface area (Å²) in [5.74, 6) is 0.955. The first-order valence-corrected chi connectivity index (χ1v) is 6.75. The molecule has 1 saturated carbocycles. The molecular weight excluding hydrogens is 226 g/mol. The van der Waals surface area contributed by atoms with E-state index in [0.717, 1.165) is 37.0 Å². The second kappa shape index (κ2) is 6.01. The van der Waals surface area contributed by atoms with Crippen LogP contribution in [-0.2, 0) is 0 Å². The summed E-state index contributed by atoms with van der Waals surface area (Å²) in [6.07, 6.45) is 4.52. The van der Waals surface area contributed by atoms with Crippen LogP contribution in [0.3, 0.4) is 0 Å². The van der Waals surface area contributed by atoms with Gasteiger partial charge in [-0.1, -0.05) is 13.3 Å². The van der Waals surface area contributed by atoms with Gasteiger partial charge in [0, 0.05) is 18.0 Å². The van der Waals surface area contributed by atoms with E-state index in [1.165, 1.54) is 0 Å². The maximum Gasteiger partial charge on any atom is 0.167 e. The first-order chi connectivity index (χ1) is 8.74. The van der Waals surface area contributed by atoms with Gasteiger partial charge >= 0.3 is 0 Å². The van der Waals surface area contributed by atoms with E-state index in [9.17, 15) is 4.79 Å². The minimum atomic E-state index is -0.0507. The molecule has 1 atom stereocenters. The number of Topliss-reactive ketones (excluding diaryl/α,β-unsaturated/α-hetero) is 1. The van der Waals surface area contributed by atoms with Gasteiger partial charge in [0.1, 0.15) is 5.75 Å². The van der Waals surface area contributed by atoms with Gasteiger partial charge in [-0.3, -0.25) is 4.79 Å². The Kier molecular flexibility index (Phi) is 4.37. The van der Waals surface area contributed by atoms with Gasteiger partial charge in [0.2, 0.25) is 0 Å². The summed E-state index contributed by atoms with van der Waals surface area (Å²) in [7, 11) is 0. The lowest BCUT2D eigenvalue weighted by atomic mass is 9.94. The number of carbonyl (C=O) groups excluding carboxylic acids is 1. The fourth-order valence-corrected chi connectivity index (χ4v) is 2.02. The molecule has 0 saturated heterocycles. The highest BCUT2D eigenvalue weighted by Crippen LogP contribution is 2.27. The number of nitrogens with two attached hydrogens (primary N) is 1. The Hall–Kier alpha value is -1.35. The SMILES string of the molecule is CCCC(CN)C(=O)c1ccc(OC2CC2)cc1. The van der Waals surface area contributed by atoms with Gasteiger partial charge in [0.05, 0.1) is 6.10 Å². The Morgan fingerprint density at radius 2 is 2.06 bits per heavy atom. The van der Waals surface area contributed by atoms with Gasteiger partial charge in [-0.05, 0) is 43.5 Å². The van der Waals surface area contributed by atoms with Crippen molar-refractivity contribution in [3.8, 4) is 5.75 Å². The molecule has 3 heteroatoms. The van der Waals surface area contributed by atoms with Crippen molar-refractivity contribution in [2.75, 3.05) is 6.54 Å². The first kappa shape index (κ1) is 13.1. The van der Waals surface area contributed by atoms with Crippen LogP contribution in [-0.4, -0.2) is 18.4 Å². The smallest absolute Gasteiger partial charge is 0.167 e. The van der Waals surface area contributed by atoms with E-state index in [-0.39, 0.29) is 11.7 Å². The minimum absolute atomic E-state index is 0.0507. The van der Waals surface area contributed by atoms with Crippen molar-refractivity contribution in [3.05, 3.63) is 29.8 Å². The third kappa shape index (κ3) is 3.33. The number of rotatable bonds is 7. The van der Waals surface area contributed by atoms with Crippen molar-refractivity contribution in [1.82, 2.24) is 0 Å². The van der Waals surface area contributed by atoms with Gasteiger partial charge in [0.25, 0.3) is 0 Å². The molecule has 1 aromatic rings. The molecule has 0 radical (unpaired) electrons. The number of ether oxygens (including phenoxy) is 1. The molecular formula is C15H21NO2. The summed E-state index contributed by atoms with van der Waals surface area (Å²) >= 11 is 0. The van der Waals surface area contributed by atoms with E-state index in [2.05, 4.69) is 6.92 Å². The molecule has 3 nitrogen and oxygen atoms in total. The minimum Gasteiger partial charge on any atom is -0.490 e. The maximum atomic E-state index is 12.2. The Morgan fingerprint density at radius 3 is 2.56 bits per heavy atom. The Morgan fingerprint density at radius 1 is 1.39 bits per heavy atom. The lowest BCUT2D eigenvalue weighted by Crippen LogP contribution is -2.23. The molecule has 1 aliphatic carbocycles. The third-order valence-electron chi connectivity index (χ3n) is 3.26. The number of carbonyl (C=O) groups is 1. The fraction of sp³-hybridized carbons (Fsp3) is 0.533. The molecule has 2 N–H and O–H groups in total. The van der Waals surface area contributed by atoms with E-state index < -0.39 is 0 Å². The fourth-order valence-electron chi connectivity index (χ4n) is 2.02. The van der Waals surface area contributed by atoms with Gasteiger partial charge in [-0.15, -0.1) is 0 Å². The lowest BCUT2D eigenvalue weighted by Gasteiger charge is -2.12. The Bertz CT molecular complexity index is 395. The zero-order chi connectivity index (χ0) is 13.0. The van der Waals surface area contributed by atoms with Crippen LogP contribution in [0.25, 0.3) is 0 Å². The largest absolute Gasteiger partial charge is 0.490 e. The molecule has 0 heterocycles. The highest BCUT2D eigenvalue weighted by molar-refractivity contribution is 5.98. The van der Waals surface area contributed by atoms with Crippen LogP contribution in [0, 0.1) is 5.92 Å². The molecule has 18 heavy (non-hydrogen) atoms. The first-order valence-electron chi connectivity index (χ1n) is 6.75. The van der Waals surface area contributed by atoms with Crippen LogP contribution < -0.4 is 10.5 Å². The molecule has 1 aliphatic rings. The molecule has 0 aliphatic heterocycles. The number of ketones is 1. The van der Waals surface area contributed by atoms with Crippen molar-refractivity contribution in [1.29, 1.82) is 0 Å². The van der Waals surface area contributed by atoms with Crippen molar-refractivity contribution in [3.63, 3.8) is 0 Å². The van der Waals surface area contributed by atoms with E-state index >= 15 is 0 Å². The monoisotopic (exact) mass is 247 g/mol. The zero-order valence-corrected chi connectivity index (χ0v) is 10.9. The van der Waals surface area contributed by atoms with Crippen LogP contribution >= 0.6 is 0 Å². The van der Waals surface area contributed by atoms with Crippen LogP contribution in [0.4, 0.5) is 0 Å². The molecule has 1 unspecified atom stereocenters. The van der Waals surface area contributed by atoms with Crippen LogP contribution in [0.5, 0.6) is 5.75 Å². The van der Waals surface area contributed by atoms with Crippen LogP contribution in [0.15, 0.2) is 24.3 Å². The highest BCUT2D eigenvalue weighted by atomic mass is 16.5. The molecule has 1 fully saturated rings. The summed E-state index contributed by atoms with van der Waals surface area (Å²) in [5, 5.41) is 0. The second-order valence-electron chi connectivity index (χ2n) is 4.93. The quantitative estimate of drug-likeness (QED) is 0.754. The van der Waals surface area contributed by atoms with E-state index in [1.807, 2.05) is 24.3 Å². The van der Waals surface area contributed by atoms with Crippen molar-refractivity contribution in [2.45, 2.75) is 38.7 Å². The van der Waals surface area contributed by atoms with E-state index in [1.54, 1.807) is 0 Å². The highest BCUT2D eigenvalue weighted by Gasteiger charge is 2.23. The normalized spacial score (nSPS) is 16.3. The topological polar surface area (TPSA) is 52.3 Å². The molecule has 0 spiro atoms. The average molecular weight is 247 g/mol. The molecule has 1 aromatic carbocycles. The number of hydrogen-bond donors (Lipinski definition) is 1. The van der Waals surface area contributed by atoms with E-state index in [0.29, 0.717) is 12.6 Å². The van der Waals surface area contributed by atoms with Gasteiger partial charge in [0.15, 0.2) is 5.78 Å². The third-order valence-corrected chi connectivity index (χ3v) is 3.26. The summed E-state index contributed by atoms with van der Waals surface area (Å²) in [6, 6.07) is 7.45. The summed E-state index contributed by atoms with van der Waals surface area (Å²) < 4.78 is 5.66. The van der Waals surface area contributed by atoms with Crippen molar-refractivity contribution >= 4 is 5.78 Å². The maximum absolute atomic E-state index is 12.2. The Labute approximate surface area is 108 Å². The summed E-state index contributed by atoms with van der Waals surface area (Å²) in [6.45, 7) is 2.50. The van der Waals surface area contributed by atoms with Gasteiger partial charge in [-0.2, -0.15) is 0 Å². The molecule has 98 valence electrons. The standard InChI is InChI=1S/C15H21NO2/c1-2-3-12(10-16)15(17)11-4-6-13(7-5-11)18-14-8-9-14/h4-7,12,14H,2-3,8-10,16H2,1H3. The predicted octanol–water partition coefficient (Wildman–Crippen LogP) is 2.79. The summed E-state index contributed by atoms with van der Waals surface area (Å²) in [4.78, 5) is 12.2. The zero-order valence-electron chi connectivity index (χ0n) is 10.9. The van der Waals surface area contributed by atoms with E-state index in [4.69, 9.17) is 10.5 Å². The number of benzene rings is 1. The van der Waals surface area contributed by atoms with Crippen LogP contribution in [0.2, 0.25) is 0 Å². The molecule has 2 rings (SSSR count). The van der Waals surface area contributed by atoms with Gasteiger partial charge < -0.3 is 10.5 Å². The van der Waals surface area contributed by atoms with Crippen molar-refractivity contribution in [2.24, 2.45) is 11.7 Å². The lowest BCUT2D eigenvalue weighted by molar-refractivity contribution is 0.0917. The Balaban J connectivity index is 2.00. The molecule has 0 amide bonds. The predicted molar refractivity (Wildman–Crippen MR) is 71.9 cm³/mol. The summed E-state index contributed by atoms with van der Waals surface area (Å²) in [5.41, 5.74) is 6.39. The van der Waals surface area contributed by atoms with Crippen molar-refractivity contribution < 1.29 is 9.53 Å².